The van der Waals surface area contributed by atoms with Gasteiger partial charge in [0.1, 0.15) is 25.2 Å². The third kappa shape index (κ3) is 4.50. The molecule has 2 rings (SSSR count). The van der Waals surface area contributed by atoms with Crippen LogP contribution in [-0.4, -0.2) is 41.7 Å². The Morgan fingerprint density at radius 3 is 2.68 bits per heavy atom. The molecule has 1 saturated carbocycles. The average molecular weight is 331 g/mol. The molecule has 124 valence electrons. The van der Waals surface area contributed by atoms with Gasteiger partial charge in [-0.25, -0.2) is 9.07 Å². The lowest BCUT2D eigenvalue weighted by atomic mass is 10.4. The molecule has 1 fully saturated rings. The minimum atomic E-state index is -1.18. The van der Waals surface area contributed by atoms with Crippen molar-refractivity contribution >= 4 is 13.8 Å². The van der Waals surface area contributed by atoms with Crippen LogP contribution in [0.5, 0.6) is 5.88 Å². The Bertz CT molecular complexity index is 540. The van der Waals surface area contributed by atoms with Gasteiger partial charge in [0, 0.05) is 14.7 Å². The Labute approximate surface area is 129 Å². The third-order valence-corrected chi connectivity index (χ3v) is 5.19. The lowest BCUT2D eigenvalue weighted by Gasteiger charge is -2.15. The first-order valence-corrected chi connectivity index (χ1v) is 11.0. The summed E-state index contributed by atoms with van der Waals surface area (Å²) in [5.41, 5.74) is -1.17. The average Bonchev–Trinajstić information content (AvgIpc) is 3.07. The molecule has 7 nitrogen and oxygen atoms in total. The van der Waals surface area contributed by atoms with Gasteiger partial charge in [0.15, 0.2) is 0 Å². The smallest absolute Gasteiger partial charge is 0.350 e. The predicted octanol–water partition coefficient (Wildman–Crippen LogP) is 2.98. The Balaban J connectivity index is 1.96. The summed E-state index contributed by atoms with van der Waals surface area (Å²) in [5, 5.41) is 15.0. The van der Waals surface area contributed by atoms with Crippen LogP contribution in [0.15, 0.2) is 6.20 Å². The molecule has 1 aromatic rings. The number of alkyl halides is 1. The van der Waals surface area contributed by atoms with E-state index in [1.165, 1.54) is 10.9 Å². The van der Waals surface area contributed by atoms with Crippen LogP contribution in [0, 0.1) is 10.1 Å². The Morgan fingerprint density at radius 2 is 2.18 bits per heavy atom. The Hall–Kier alpha value is -1.48. The lowest BCUT2D eigenvalue weighted by molar-refractivity contribution is -0.386. The van der Waals surface area contributed by atoms with E-state index < -0.39 is 25.3 Å². The molecule has 0 saturated heterocycles. The molecule has 22 heavy (non-hydrogen) atoms. The molecule has 0 unspecified atom stereocenters. The number of hydrogen-bond donors (Lipinski definition) is 0. The highest BCUT2D eigenvalue weighted by atomic mass is 28.3. The largest absolute Gasteiger partial charge is 0.462 e. The number of rotatable bonds is 9. The molecule has 0 aromatic carbocycles. The maximum atomic E-state index is 12.9. The zero-order valence-corrected chi connectivity index (χ0v) is 14.2. The fraction of sp³-hybridized carbons (Fsp3) is 0.769. The van der Waals surface area contributed by atoms with Crippen molar-refractivity contribution in [3.63, 3.8) is 0 Å². The molecule has 1 aliphatic carbocycles. The van der Waals surface area contributed by atoms with Crippen molar-refractivity contribution in [2.24, 2.45) is 0 Å². The quantitative estimate of drug-likeness (QED) is 0.301. The first-order valence-electron chi connectivity index (χ1n) is 7.29. The van der Waals surface area contributed by atoms with E-state index >= 15 is 0 Å². The standard InChI is InChI=1S/C13H22FN3O4Si/c1-22(2,3)7-6-20-10-16-8-11(17(18)19)12(15-16)21-13(9-14)4-5-13/h8H,4-7,9-10H2,1-3H3. The van der Waals surface area contributed by atoms with Crippen molar-refractivity contribution in [1.82, 2.24) is 9.78 Å². The molecule has 0 aliphatic heterocycles. The van der Waals surface area contributed by atoms with Crippen molar-refractivity contribution in [2.75, 3.05) is 13.3 Å². The zero-order valence-electron chi connectivity index (χ0n) is 13.2. The highest BCUT2D eigenvalue weighted by molar-refractivity contribution is 6.76. The predicted molar refractivity (Wildman–Crippen MR) is 81.6 cm³/mol. The van der Waals surface area contributed by atoms with Crippen LogP contribution >= 0.6 is 0 Å². The highest BCUT2D eigenvalue weighted by Crippen LogP contribution is 2.42. The van der Waals surface area contributed by atoms with Gasteiger partial charge < -0.3 is 9.47 Å². The second-order valence-electron chi connectivity index (χ2n) is 6.88. The Kier molecular flexibility index (Phi) is 4.86. The van der Waals surface area contributed by atoms with Gasteiger partial charge in [0.2, 0.25) is 0 Å². The third-order valence-electron chi connectivity index (χ3n) is 3.49. The topological polar surface area (TPSA) is 79.4 Å². The fourth-order valence-electron chi connectivity index (χ4n) is 1.80. The second kappa shape index (κ2) is 6.33. The monoisotopic (exact) mass is 331 g/mol. The van der Waals surface area contributed by atoms with Gasteiger partial charge in [0.25, 0.3) is 0 Å². The molecule has 0 N–H and O–H groups in total. The van der Waals surface area contributed by atoms with Gasteiger partial charge in [0.05, 0.1) is 4.92 Å². The van der Waals surface area contributed by atoms with Gasteiger partial charge in [-0.3, -0.25) is 10.1 Å². The summed E-state index contributed by atoms with van der Waals surface area (Å²) < 4.78 is 25.1. The fourth-order valence-corrected chi connectivity index (χ4v) is 2.56. The van der Waals surface area contributed by atoms with Gasteiger partial charge in [-0.2, -0.15) is 0 Å². The van der Waals surface area contributed by atoms with Crippen LogP contribution in [0.3, 0.4) is 0 Å². The minimum Gasteiger partial charge on any atom is -0.462 e. The lowest BCUT2D eigenvalue weighted by Crippen LogP contribution is -2.22. The summed E-state index contributed by atoms with van der Waals surface area (Å²) in [7, 11) is -1.18. The molecular weight excluding hydrogens is 309 g/mol. The van der Waals surface area contributed by atoms with Crippen LogP contribution in [0.4, 0.5) is 10.1 Å². The van der Waals surface area contributed by atoms with E-state index in [1.54, 1.807) is 0 Å². The molecule has 9 heteroatoms. The van der Waals surface area contributed by atoms with E-state index in [0.29, 0.717) is 19.4 Å². The summed E-state index contributed by atoms with van der Waals surface area (Å²) in [6.07, 6.45) is 2.37. The van der Waals surface area contributed by atoms with Gasteiger partial charge >= 0.3 is 11.6 Å². The molecule has 0 bridgehead atoms. The summed E-state index contributed by atoms with van der Waals surface area (Å²) in [4.78, 5) is 10.5. The maximum Gasteiger partial charge on any atom is 0.350 e. The van der Waals surface area contributed by atoms with Crippen molar-refractivity contribution in [3.05, 3.63) is 16.3 Å². The molecule has 0 spiro atoms. The van der Waals surface area contributed by atoms with Crippen molar-refractivity contribution in [1.29, 1.82) is 0 Å². The van der Waals surface area contributed by atoms with E-state index in [0.717, 1.165) is 6.04 Å². The molecule has 0 atom stereocenters. The van der Waals surface area contributed by atoms with E-state index in [9.17, 15) is 14.5 Å². The van der Waals surface area contributed by atoms with Crippen LogP contribution < -0.4 is 4.74 Å². The first kappa shape index (κ1) is 16.9. The zero-order chi connectivity index (χ0) is 16.4. The minimum absolute atomic E-state index is 0.122. The molecule has 0 amide bonds. The summed E-state index contributed by atoms with van der Waals surface area (Å²) in [6.45, 7) is 6.78. The van der Waals surface area contributed by atoms with Crippen LogP contribution in [0.25, 0.3) is 0 Å². The molecule has 1 heterocycles. The van der Waals surface area contributed by atoms with E-state index in [1.807, 2.05) is 0 Å². The van der Waals surface area contributed by atoms with E-state index in [4.69, 9.17) is 9.47 Å². The van der Waals surface area contributed by atoms with Crippen LogP contribution in [0.1, 0.15) is 12.8 Å². The van der Waals surface area contributed by atoms with Gasteiger partial charge in [-0.15, -0.1) is 5.10 Å². The molecular formula is C13H22FN3O4Si. The Morgan fingerprint density at radius 1 is 1.50 bits per heavy atom. The van der Waals surface area contributed by atoms with Crippen molar-refractivity contribution in [3.8, 4) is 5.88 Å². The van der Waals surface area contributed by atoms with Crippen LogP contribution in [0.2, 0.25) is 25.7 Å². The highest BCUT2D eigenvalue weighted by Gasteiger charge is 2.47. The normalized spacial score (nSPS) is 16.5. The second-order valence-corrected chi connectivity index (χ2v) is 12.5. The van der Waals surface area contributed by atoms with Gasteiger partial charge in [-0.05, 0) is 18.9 Å². The summed E-state index contributed by atoms with van der Waals surface area (Å²) in [6, 6.07) is 1.00. The SMILES string of the molecule is C[Si](C)(C)CCOCn1cc([N+](=O)[O-])c(OC2(CF)CC2)n1. The van der Waals surface area contributed by atoms with Crippen LogP contribution in [-0.2, 0) is 11.5 Å². The number of halogens is 1. The number of ether oxygens (including phenoxy) is 2. The van der Waals surface area contributed by atoms with Gasteiger partial charge in [-0.1, -0.05) is 19.6 Å². The summed E-state index contributed by atoms with van der Waals surface area (Å²) in [5.74, 6) is -0.131. The van der Waals surface area contributed by atoms with Crippen molar-refractivity contribution in [2.45, 2.75) is 50.9 Å². The molecule has 1 aromatic heterocycles. The number of nitro groups is 1. The van der Waals surface area contributed by atoms with E-state index in [-0.39, 0.29) is 18.3 Å². The van der Waals surface area contributed by atoms with E-state index in [2.05, 4.69) is 24.7 Å². The number of nitrogens with zero attached hydrogens (tertiary/aromatic N) is 3. The summed E-state index contributed by atoms with van der Waals surface area (Å²) >= 11 is 0. The van der Waals surface area contributed by atoms with Crippen molar-refractivity contribution < 1.29 is 18.8 Å². The maximum absolute atomic E-state index is 12.9. The molecule has 0 radical (unpaired) electrons. The first-order chi connectivity index (χ1) is 10.2. The number of hydrogen-bond acceptors (Lipinski definition) is 5. The number of aromatic nitrogens is 2. The molecule has 1 aliphatic rings.